The Morgan fingerprint density at radius 1 is 0.636 bits per heavy atom. The van der Waals surface area contributed by atoms with E-state index in [1.807, 2.05) is 0 Å². The molecule has 0 heterocycles. The Hall–Kier alpha value is -0.968. The Morgan fingerprint density at radius 2 is 0.818 bits per heavy atom. The van der Waals surface area contributed by atoms with Crippen molar-refractivity contribution in [2.75, 3.05) is 17.6 Å². The number of alkyl halides is 3. The molecule has 0 radical (unpaired) electrons. The van der Waals surface area contributed by atoms with Crippen molar-refractivity contribution >= 4 is 70.1 Å². The summed E-state index contributed by atoms with van der Waals surface area (Å²) in [5.41, 5.74) is 0. The van der Waals surface area contributed by atoms with E-state index in [1.54, 1.807) is 0 Å². The van der Waals surface area contributed by atoms with Crippen LogP contribution in [0.5, 0.6) is 0 Å². The summed E-state index contributed by atoms with van der Waals surface area (Å²) in [5.74, 6) is -2.97. The van der Waals surface area contributed by atoms with Crippen LogP contribution in [-0.4, -0.2) is 52.9 Å². The van der Waals surface area contributed by atoms with Gasteiger partial charge in [0.1, 0.15) is 0 Å². The molecule has 22 heavy (non-hydrogen) atoms. The van der Waals surface area contributed by atoms with Crippen LogP contribution in [0, 0.1) is 0 Å². The van der Waals surface area contributed by atoms with Crippen LogP contribution in [0.1, 0.15) is 0 Å². The number of carbonyl (C=O) groups is 3. The number of halogens is 3. The van der Waals surface area contributed by atoms with Gasteiger partial charge in [-0.2, -0.15) is 0 Å². The van der Waals surface area contributed by atoms with E-state index in [4.69, 9.17) is 34.8 Å². The Morgan fingerprint density at radius 3 is 0.864 bits per heavy atom. The Kier molecular flexibility index (Phi) is 33.1. The number of hydrogen-bond donors (Lipinski definition) is 0. The van der Waals surface area contributed by atoms with Crippen molar-refractivity contribution in [3.8, 4) is 0 Å². The molecule has 0 aromatic rings. The zero-order valence-corrected chi connectivity index (χ0v) is 14.7. The van der Waals surface area contributed by atoms with Crippen LogP contribution in [0.2, 0.25) is 0 Å². The van der Waals surface area contributed by atoms with Crippen molar-refractivity contribution in [1.29, 1.82) is 0 Å². The fourth-order valence-electron chi connectivity index (χ4n) is 0.422. The molecule has 0 aromatic carbocycles. The molecular formula is C12H12AlCl3O6. The summed E-state index contributed by atoms with van der Waals surface area (Å²) in [6.07, 6.45) is 6.59. The third-order valence-electron chi connectivity index (χ3n) is 1.03. The van der Waals surface area contributed by atoms with Gasteiger partial charge >= 0.3 is 17.4 Å². The normalized spacial score (nSPS) is 9.41. The molecular weight excluding hydrogens is 373 g/mol. The number of allylic oxidation sites excluding steroid dienone is 3. The van der Waals surface area contributed by atoms with E-state index >= 15 is 0 Å². The Bertz CT molecular complexity index is 326. The second-order valence-corrected chi connectivity index (χ2v) is 3.55. The van der Waals surface area contributed by atoms with Crippen molar-refractivity contribution in [2.45, 2.75) is 0 Å². The molecule has 0 aromatic heterocycles. The van der Waals surface area contributed by atoms with E-state index in [-0.39, 0.29) is 35.0 Å². The van der Waals surface area contributed by atoms with E-state index in [9.17, 15) is 29.7 Å². The maximum atomic E-state index is 9.50. The zero-order valence-electron chi connectivity index (χ0n) is 11.2. The molecule has 6 nitrogen and oxygen atoms in total. The molecule has 120 valence electrons. The van der Waals surface area contributed by atoms with Crippen LogP contribution in [0.25, 0.3) is 0 Å². The second-order valence-electron chi connectivity index (χ2n) is 2.63. The third kappa shape index (κ3) is 50.8. The first-order chi connectivity index (χ1) is 9.81. The van der Waals surface area contributed by atoms with Crippen LogP contribution < -0.4 is 15.3 Å². The van der Waals surface area contributed by atoms with E-state index in [0.717, 1.165) is 18.2 Å². The summed E-state index contributed by atoms with van der Waals surface area (Å²) < 4.78 is 0. The minimum atomic E-state index is -1.21. The number of carboxylic acid groups (broad SMARTS) is 3. The predicted octanol–water partition coefficient (Wildman–Crippen LogP) is -1.79. The summed E-state index contributed by atoms with van der Waals surface area (Å²) >= 11 is 15.2. The molecule has 0 spiro atoms. The summed E-state index contributed by atoms with van der Waals surface area (Å²) in [6, 6.07) is 0. The van der Waals surface area contributed by atoms with E-state index in [1.165, 1.54) is 18.2 Å². The number of rotatable bonds is 6. The Balaban J connectivity index is -0.000000108. The van der Waals surface area contributed by atoms with Crippen LogP contribution in [0.4, 0.5) is 0 Å². The van der Waals surface area contributed by atoms with Crippen LogP contribution in [0.15, 0.2) is 36.5 Å². The van der Waals surface area contributed by atoms with Crippen molar-refractivity contribution in [2.24, 2.45) is 0 Å². The second kappa shape index (κ2) is 25.0. The largest absolute Gasteiger partial charge is 3.00 e. The minimum Gasteiger partial charge on any atom is -0.545 e. The third-order valence-corrected chi connectivity index (χ3v) is 1.56. The van der Waals surface area contributed by atoms with Gasteiger partial charge in [0.25, 0.3) is 0 Å². The molecule has 0 amide bonds. The van der Waals surface area contributed by atoms with Gasteiger partial charge in [0.2, 0.25) is 0 Å². The molecule has 0 N–H and O–H groups in total. The van der Waals surface area contributed by atoms with Gasteiger partial charge in [0.15, 0.2) is 0 Å². The number of aliphatic carboxylic acids is 3. The molecule has 0 saturated heterocycles. The van der Waals surface area contributed by atoms with Crippen molar-refractivity contribution in [1.82, 2.24) is 0 Å². The topological polar surface area (TPSA) is 120 Å². The zero-order chi connectivity index (χ0) is 17.1. The predicted molar refractivity (Wildman–Crippen MR) is 80.4 cm³/mol. The molecule has 0 bridgehead atoms. The van der Waals surface area contributed by atoms with Gasteiger partial charge < -0.3 is 29.7 Å². The monoisotopic (exact) mass is 384 g/mol. The van der Waals surface area contributed by atoms with E-state index in [0.29, 0.717) is 0 Å². The molecule has 0 aliphatic rings. The first kappa shape index (κ1) is 29.1. The SMILES string of the molecule is O=C([O-])/C=C/CCl.O=C([O-])/C=C/CCl.O=C([O-])/C=C/CCl.[Al+3]. The first-order valence-corrected chi connectivity index (χ1v) is 6.72. The smallest absolute Gasteiger partial charge is 0.545 e. The summed E-state index contributed by atoms with van der Waals surface area (Å²) in [5, 5.41) is 28.5. The van der Waals surface area contributed by atoms with Crippen molar-refractivity contribution in [3.05, 3.63) is 36.5 Å². The molecule has 0 saturated carbocycles. The van der Waals surface area contributed by atoms with Gasteiger partial charge in [-0.15, -0.1) is 34.8 Å². The summed E-state index contributed by atoms with van der Waals surface area (Å²) in [7, 11) is 0. The average molecular weight is 386 g/mol. The number of hydrogen-bond acceptors (Lipinski definition) is 6. The average Bonchev–Trinajstić information content (AvgIpc) is 2.41. The number of carbonyl (C=O) groups excluding carboxylic acids is 3. The minimum absolute atomic E-state index is 0. The van der Waals surface area contributed by atoms with Gasteiger partial charge in [-0.3, -0.25) is 0 Å². The molecule has 0 aliphatic heterocycles. The van der Waals surface area contributed by atoms with Gasteiger partial charge in [0, 0.05) is 17.6 Å². The van der Waals surface area contributed by atoms with Crippen molar-refractivity contribution in [3.63, 3.8) is 0 Å². The van der Waals surface area contributed by atoms with E-state index < -0.39 is 17.9 Å². The van der Waals surface area contributed by atoms with Crippen LogP contribution in [0.3, 0.4) is 0 Å². The number of carboxylic acids is 3. The fraction of sp³-hybridized carbons (Fsp3) is 0.250. The van der Waals surface area contributed by atoms with Crippen LogP contribution in [-0.2, 0) is 14.4 Å². The maximum Gasteiger partial charge on any atom is 3.00 e. The first-order valence-electron chi connectivity index (χ1n) is 5.12. The van der Waals surface area contributed by atoms with Gasteiger partial charge in [-0.05, 0) is 18.2 Å². The quantitative estimate of drug-likeness (QED) is 0.303. The molecule has 0 rings (SSSR count). The van der Waals surface area contributed by atoms with E-state index in [2.05, 4.69) is 0 Å². The molecule has 10 heteroatoms. The maximum absolute atomic E-state index is 9.50. The molecule has 0 aliphatic carbocycles. The standard InChI is InChI=1S/3C4H5ClO2.Al/c3*5-3-1-2-4(6)7;/h3*1-2H,3H2,(H,6,7);/q;;;+3/p-3/b3*2-1+;. The van der Waals surface area contributed by atoms with Gasteiger partial charge in [0.05, 0.1) is 17.9 Å². The summed E-state index contributed by atoms with van der Waals surface area (Å²) in [4.78, 5) is 28.5. The Labute approximate surface area is 153 Å². The van der Waals surface area contributed by atoms with Gasteiger partial charge in [-0.1, -0.05) is 18.2 Å². The molecule has 0 atom stereocenters. The molecule has 0 fully saturated rings. The molecule has 0 unspecified atom stereocenters. The van der Waals surface area contributed by atoms with Gasteiger partial charge in [-0.25, -0.2) is 0 Å². The van der Waals surface area contributed by atoms with Crippen LogP contribution >= 0.6 is 34.8 Å². The van der Waals surface area contributed by atoms with Crippen molar-refractivity contribution < 1.29 is 29.7 Å². The summed E-state index contributed by atoms with van der Waals surface area (Å²) in [6.45, 7) is 0. The fourth-order valence-corrected chi connectivity index (χ4v) is 0.690.